The van der Waals surface area contributed by atoms with E-state index < -0.39 is 0 Å². The largest absolute Gasteiger partial charge is 0.455 e. The second-order valence-electron chi connectivity index (χ2n) is 7.32. The third-order valence-corrected chi connectivity index (χ3v) is 4.94. The molecule has 1 unspecified atom stereocenters. The third-order valence-electron chi connectivity index (χ3n) is 4.94. The first-order valence-electron chi connectivity index (χ1n) is 9.89. The minimum atomic E-state index is -0.0524. The van der Waals surface area contributed by atoms with Crippen LogP contribution in [-0.4, -0.2) is 33.9 Å². The zero-order valence-corrected chi connectivity index (χ0v) is 16.4. The van der Waals surface area contributed by atoms with Crippen molar-refractivity contribution in [3.05, 3.63) is 72.7 Å². The molecule has 1 saturated heterocycles. The van der Waals surface area contributed by atoms with Gasteiger partial charge in [-0.05, 0) is 43.0 Å². The fourth-order valence-electron chi connectivity index (χ4n) is 3.45. The number of hydrogen-bond donors (Lipinski definition) is 1. The Bertz CT molecular complexity index is 960. The van der Waals surface area contributed by atoms with Crippen LogP contribution in [0.3, 0.4) is 0 Å². The molecule has 0 bridgehead atoms. The zero-order chi connectivity index (χ0) is 20.1. The van der Waals surface area contributed by atoms with Crippen molar-refractivity contribution in [3.63, 3.8) is 0 Å². The van der Waals surface area contributed by atoms with Crippen LogP contribution in [0.25, 0.3) is 0 Å². The van der Waals surface area contributed by atoms with E-state index in [0.717, 1.165) is 30.9 Å². The highest BCUT2D eigenvalue weighted by molar-refractivity contribution is 5.92. The van der Waals surface area contributed by atoms with Crippen molar-refractivity contribution in [2.75, 3.05) is 18.4 Å². The Morgan fingerprint density at radius 2 is 1.86 bits per heavy atom. The van der Waals surface area contributed by atoms with E-state index in [1.54, 1.807) is 6.20 Å². The van der Waals surface area contributed by atoms with E-state index in [2.05, 4.69) is 22.2 Å². The number of carbonyl (C=O) groups is 1. The number of aromatic nitrogens is 2. The SMILES string of the molecule is CC1CCCN(C(=O)c2cnc(Nc3ccccc3Oc3ccccc3)cn2)C1. The van der Waals surface area contributed by atoms with Crippen LogP contribution in [0.15, 0.2) is 67.0 Å². The molecule has 0 saturated carbocycles. The maximum absolute atomic E-state index is 12.7. The Balaban J connectivity index is 1.46. The summed E-state index contributed by atoms with van der Waals surface area (Å²) < 4.78 is 5.96. The van der Waals surface area contributed by atoms with Crippen LogP contribution >= 0.6 is 0 Å². The Kier molecular flexibility index (Phi) is 5.70. The molecule has 4 rings (SSSR count). The highest BCUT2D eigenvalue weighted by Crippen LogP contribution is 2.30. The summed E-state index contributed by atoms with van der Waals surface area (Å²) in [5.41, 5.74) is 1.15. The van der Waals surface area contributed by atoms with Gasteiger partial charge in [0.05, 0.1) is 18.1 Å². The van der Waals surface area contributed by atoms with Gasteiger partial charge >= 0.3 is 0 Å². The number of rotatable bonds is 5. The van der Waals surface area contributed by atoms with Crippen LogP contribution in [0, 0.1) is 5.92 Å². The van der Waals surface area contributed by atoms with Crippen molar-refractivity contribution in [1.29, 1.82) is 0 Å². The molecule has 1 atom stereocenters. The molecule has 1 aliphatic rings. The van der Waals surface area contributed by atoms with Crippen molar-refractivity contribution >= 4 is 17.4 Å². The smallest absolute Gasteiger partial charge is 0.274 e. The van der Waals surface area contributed by atoms with Gasteiger partial charge < -0.3 is 15.0 Å². The van der Waals surface area contributed by atoms with Gasteiger partial charge in [0.1, 0.15) is 17.3 Å². The van der Waals surface area contributed by atoms with Crippen LogP contribution in [0.1, 0.15) is 30.3 Å². The number of piperidine rings is 1. The number of anilines is 2. The number of ether oxygens (including phenoxy) is 1. The van der Waals surface area contributed by atoms with E-state index in [9.17, 15) is 4.79 Å². The quantitative estimate of drug-likeness (QED) is 0.674. The Morgan fingerprint density at radius 3 is 2.62 bits per heavy atom. The Hall–Kier alpha value is -3.41. The minimum absolute atomic E-state index is 0.0524. The van der Waals surface area contributed by atoms with Crippen molar-refractivity contribution in [2.24, 2.45) is 5.92 Å². The number of para-hydroxylation sites is 3. The molecule has 2 aromatic carbocycles. The van der Waals surface area contributed by atoms with Crippen LogP contribution in [0.4, 0.5) is 11.5 Å². The van der Waals surface area contributed by atoms with E-state index in [1.807, 2.05) is 59.5 Å². The standard InChI is InChI=1S/C23H24N4O2/c1-17-8-7-13-27(16-17)23(28)20-14-25-22(15-24-20)26-19-11-5-6-12-21(19)29-18-9-3-2-4-10-18/h2-6,9-12,14-15,17H,7-8,13,16H2,1H3,(H,25,26). The van der Waals surface area contributed by atoms with Gasteiger partial charge in [0.2, 0.25) is 0 Å². The lowest BCUT2D eigenvalue weighted by Gasteiger charge is -2.30. The van der Waals surface area contributed by atoms with Crippen LogP contribution in [-0.2, 0) is 0 Å². The van der Waals surface area contributed by atoms with Gasteiger partial charge in [-0.2, -0.15) is 0 Å². The number of likely N-dealkylation sites (tertiary alicyclic amines) is 1. The molecular weight excluding hydrogens is 364 g/mol. The monoisotopic (exact) mass is 388 g/mol. The Morgan fingerprint density at radius 1 is 1.07 bits per heavy atom. The predicted octanol–water partition coefficient (Wildman–Crippen LogP) is 4.88. The summed E-state index contributed by atoms with van der Waals surface area (Å²) in [6, 6.07) is 17.2. The number of nitrogens with one attached hydrogen (secondary N) is 1. The molecule has 148 valence electrons. The average molecular weight is 388 g/mol. The molecule has 1 aromatic heterocycles. The molecule has 1 fully saturated rings. The van der Waals surface area contributed by atoms with E-state index in [0.29, 0.717) is 23.2 Å². The molecule has 1 aliphatic heterocycles. The molecule has 2 heterocycles. The maximum atomic E-state index is 12.7. The van der Waals surface area contributed by atoms with Crippen molar-refractivity contribution in [1.82, 2.24) is 14.9 Å². The number of amides is 1. The summed E-state index contributed by atoms with van der Waals surface area (Å²) >= 11 is 0. The zero-order valence-electron chi connectivity index (χ0n) is 16.4. The number of benzene rings is 2. The van der Waals surface area contributed by atoms with E-state index in [4.69, 9.17) is 4.74 Å². The fourth-order valence-corrected chi connectivity index (χ4v) is 3.45. The third kappa shape index (κ3) is 4.71. The van der Waals surface area contributed by atoms with Crippen molar-refractivity contribution < 1.29 is 9.53 Å². The van der Waals surface area contributed by atoms with E-state index in [-0.39, 0.29) is 5.91 Å². The number of carbonyl (C=O) groups excluding carboxylic acids is 1. The minimum Gasteiger partial charge on any atom is -0.455 e. The number of hydrogen-bond acceptors (Lipinski definition) is 5. The van der Waals surface area contributed by atoms with Gasteiger partial charge in [0.25, 0.3) is 5.91 Å². The summed E-state index contributed by atoms with van der Waals surface area (Å²) in [4.78, 5) is 23.2. The molecule has 6 heteroatoms. The summed E-state index contributed by atoms with van der Waals surface area (Å²) in [5, 5.41) is 3.22. The lowest BCUT2D eigenvalue weighted by molar-refractivity contribution is 0.0676. The van der Waals surface area contributed by atoms with Gasteiger partial charge in [-0.3, -0.25) is 4.79 Å². The van der Waals surface area contributed by atoms with Gasteiger partial charge in [0.15, 0.2) is 5.75 Å². The summed E-state index contributed by atoms with van der Waals surface area (Å²) in [5.74, 6) is 2.47. The van der Waals surface area contributed by atoms with Crippen molar-refractivity contribution in [2.45, 2.75) is 19.8 Å². The Labute approximate surface area is 170 Å². The normalized spacial score (nSPS) is 16.3. The topological polar surface area (TPSA) is 67.4 Å². The van der Waals surface area contributed by atoms with Gasteiger partial charge in [0, 0.05) is 13.1 Å². The van der Waals surface area contributed by atoms with Crippen molar-refractivity contribution in [3.8, 4) is 11.5 Å². The van der Waals surface area contributed by atoms with Crippen LogP contribution < -0.4 is 10.1 Å². The van der Waals surface area contributed by atoms with Crippen LogP contribution in [0.5, 0.6) is 11.5 Å². The van der Waals surface area contributed by atoms with Gasteiger partial charge in [-0.15, -0.1) is 0 Å². The second-order valence-corrected chi connectivity index (χ2v) is 7.32. The molecular formula is C23H24N4O2. The number of nitrogens with zero attached hydrogens (tertiary/aromatic N) is 3. The van der Waals surface area contributed by atoms with Gasteiger partial charge in [-0.25, -0.2) is 9.97 Å². The first-order chi connectivity index (χ1) is 14.2. The average Bonchev–Trinajstić information content (AvgIpc) is 2.76. The maximum Gasteiger partial charge on any atom is 0.274 e. The van der Waals surface area contributed by atoms with Crippen LogP contribution in [0.2, 0.25) is 0 Å². The molecule has 0 radical (unpaired) electrons. The molecule has 0 aliphatic carbocycles. The molecule has 0 spiro atoms. The molecule has 6 nitrogen and oxygen atoms in total. The lowest BCUT2D eigenvalue weighted by atomic mass is 10.0. The van der Waals surface area contributed by atoms with E-state index in [1.165, 1.54) is 12.6 Å². The highest BCUT2D eigenvalue weighted by Gasteiger charge is 2.23. The predicted molar refractivity (Wildman–Crippen MR) is 113 cm³/mol. The highest BCUT2D eigenvalue weighted by atomic mass is 16.5. The summed E-state index contributed by atoms with van der Waals surface area (Å²) in [6.45, 7) is 3.74. The van der Waals surface area contributed by atoms with Gasteiger partial charge in [-0.1, -0.05) is 37.3 Å². The molecule has 1 amide bonds. The second kappa shape index (κ2) is 8.73. The molecule has 29 heavy (non-hydrogen) atoms. The molecule has 3 aromatic rings. The fraction of sp³-hybridized carbons (Fsp3) is 0.261. The summed E-state index contributed by atoms with van der Waals surface area (Å²) in [6.07, 6.45) is 5.32. The summed E-state index contributed by atoms with van der Waals surface area (Å²) in [7, 11) is 0. The lowest BCUT2D eigenvalue weighted by Crippen LogP contribution is -2.39. The molecule has 1 N–H and O–H groups in total. The first kappa shape index (κ1) is 18.9. The first-order valence-corrected chi connectivity index (χ1v) is 9.89. The van der Waals surface area contributed by atoms with E-state index >= 15 is 0 Å².